The normalized spacial score (nSPS) is 13.8. The van der Waals surface area contributed by atoms with Gasteiger partial charge >= 0.3 is 6.18 Å². The summed E-state index contributed by atoms with van der Waals surface area (Å²) in [6.07, 6.45) is -4.23. The lowest BCUT2D eigenvalue weighted by atomic mass is 10.3. The molecule has 6 nitrogen and oxygen atoms in total. The molecule has 1 aromatic heterocycles. The number of hydrogen-bond donors (Lipinski definition) is 1. The lowest BCUT2D eigenvalue weighted by molar-refractivity contribution is -0.173. The van der Waals surface area contributed by atoms with Crippen LogP contribution in [0, 0.1) is 0 Å². The fraction of sp³-hybridized carbons (Fsp3) is 0.778. The second kappa shape index (κ2) is 6.66. The molecular formula is C9H14F3N3O3. The van der Waals surface area contributed by atoms with Gasteiger partial charge in [-0.1, -0.05) is 5.16 Å². The van der Waals surface area contributed by atoms with Gasteiger partial charge in [0.1, 0.15) is 6.61 Å². The number of nitrogens with two attached hydrogens (primary N) is 1. The average molecular weight is 269 g/mol. The van der Waals surface area contributed by atoms with E-state index in [1.807, 2.05) is 0 Å². The van der Waals surface area contributed by atoms with Crippen LogP contribution in [0.25, 0.3) is 0 Å². The fourth-order valence-corrected chi connectivity index (χ4v) is 1.12. The molecule has 0 bridgehead atoms. The maximum atomic E-state index is 11.8. The highest BCUT2D eigenvalue weighted by molar-refractivity contribution is 4.93. The zero-order valence-electron chi connectivity index (χ0n) is 9.74. The molecule has 0 saturated carbocycles. The highest BCUT2D eigenvalue weighted by Gasteiger charge is 2.27. The molecule has 18 heavy (non-hydrogen) atoms. The average Bonchev–Trinajstić information content (AvgIpc) is 2.72. The topological polar surface area (TPSA) is 83.4 Å². The molecule has 0 aromatic carbocycles. The van der Waals surface area contributed by atoms with Crippen molar-refractivity contribution in [3.8, 4) is 0 Å². The van der Waals surface area contributed by atoms with Gasteiger partial charge in [-0.3, -0.25) is 0 Å². The minimum Gasteiger partial charge on any atom is -0.383 e. The second-order valence-electron chi connectivity index (χ2n) is 3.53. The molecule has 0 amide bonds. The molecule has 1 rings (SSSR count). The van der Waals surface area contributed by atoms with Crippen molar-refractivity contribution in [3.05, 3.63) is 11.7 Å². The first-order chi connectivity index (χ1) is 8.42. The summed E-state index contributed by atoms with van der Waals surface area (Å²) < 4.78 is 49.3. The van der Waals surface area contributed by atoms with E-state index in [0.29, 0.717) is 0 Å². The van der Waals surface area contributed by atoms with Crippen molar-refractivity contribution in [3.63, 3.8) is 0 Å². The molecule has 0 spiro atoms. The lowest BCUT2D eigenvalue weighted by Gasteiger charge is -2.05. The van der Waals surface area contributed by atoms with Crippen LogP contribution in [0.4, 0.5) is 13.2 Å². The van der Waals surface area contributed by atoms with Crippen LogP contribution in [0.2, 0.25) is 0 Å². The summed E-state index contributed by atoms with van der Waals surface area (Å²) in [7, 11) is 1.48. The summed E-state index contributed by atoms with van der Waals surface area (Å²) in [6.45, 7) is -1.22. The van der Waals surface area contributed by atoms with Crippen molar-refractivity contribution < 1.29 is 27.2 Å². The number of halogens is 3. The molecule has 1 unspecified atom stereocenters. The fourth-order valence-electron chi connectivity index (χ4n) is 1.12. The lowest BCUT2D eigenvalue weighted by Crippen LogP contribution is -2.18. The first kappa shape index (κ1) is 14.9. The van der Waals surface area contributed by atoms with Gasteiger partial charge in [0.2, 0.25) is 5.89 Å². The second-order valence-corrected chi connectivity index (χ2v) is 3.53. The zero-order valence-corrected chi connectivity index (χ0v) is 9.74. The monoisotopic (exact) mass is 269 g/mol. The van der Waals surface area contributed by atoms with Gasteiger partial charge in [-0.05, 0) is 0 Å². The van der Waals surface area contributed by atoms with Crippen LogP contribution < -0.4 is 5.73 Å². The smallest absolute Gasteiger partial charge is 0.383 e. The summed E-state index contributed by atoms with van der Waals surface area (Å²) in [6, 6.07) is -0.524. The number of nitrogens with zero attached hydrogens (tertiary/aromatic N) is 2. The molecule has 9 heteroatoms. The van der Waals surface area contributed by atoms with Gasteiger partial charge in [-0.25, -0.2) is 0 Å². The SMILES string of the molecule is COCC(N)c1noc(CCOCC(F)(F)F)n1. The molecular weight excluding hydrogens is 255 g/mol. The number of aromatic nitrogens is 2. The van der Waals surface area contributed by atoms with Crippen LogP contribution in [-0.4, -0.2) is 43.2 Å². The Morgan fingerprint density at radius 3 is 2.78 bits per heavy atom. The van der Waals surface area contributed by atoms with E-state index < -0.39 is 18.8 Å². The highest BCUT2D eigenvalue weighted by Crippen LogP contribution is 2.14. The maximum absolute atomic E-state index is 11.8. The van der Waals surface area contributed by atoms with E-state index in [1.165, 1.54) is 7.11 Å². The van der Waals surface area contributed by atoms with Gasteiger partial charge in [-0.15, -0.1) is 0 Å². The Kier molecular flexibility index (Phi) is 5.51. The van der Waals surface area contributed by atoms with Crippen LogP contribution in [0.15, 0.2) is 4.52 Å². The van der Waals surface area contributed by atoms with Gasteiger partial charge in [0, 0.05) is 7.11 Å². The summed E-state index contributed by atoms with van der Waals surface area (Å²) in [5.41, 5.74) is 5.64. The van der Waals surface area contributed by atoms with Crippen LogP contribution in [0.1, 0.15) is 17.8 Å². The minimum absolute atomic E-state index is 0.1000. The molecule has 0 saturated heterocycles. The zero-order chi connectivity index (χ0) is 13.6. The largest absolute Gasteiger partial charge is 0.411 e. The van der Waals surface area contributed by atoms with Crippen molar-refractivity contribution in [1.82, 2.24) is 10.1 Å². The predicted octanol–water partition coefficient (Wildman–Crippen LogP) is 0.837. The molecule has 2 N–H and O–H groups in total. The van der Waals surface area contributed by atoms with E-state index in [2.05, 4.69) is 14.9 Å². The number of ether oxygens (including phenoxy) is 2. The van der Waals surface area contributed by atoms with Gasteiger partial charge < -0.3 is 19.7 Å². The van der Waals surface area contributed by atoms with Gasteiger partial charge in [0.05, 0.1) is 25.7 Å². The third-order valence-corrected chi connectivity index (χ3v) is 1.89. The van der Waals surface area contributed by atoms with Crippen LogP contribution in [-0.2, 0) is 15.9 Å². The van der Waals surface area contributed by atoms with E-state index in [0.717, 1.165) is 0 Å². The summed E-state index contributed by atoms with van der Waals surface area (Å²) in [5, 5.41) is 3.59. The van der Waals surface area contributed by atoms with E-state index in [1.54, 1.807) is 0 Å². The van der Waals surface area contributed by atoms with Crippen LogP contribution in [0.3, 0.4) is 0 Å². The van der Waals surface area contributed by atoms with E-state index >= 15 is 0 Å². The van der Waals surface area contributed by atoms with Crippen molar-refractivity contribution in [1.29, 1.82) is 0 Å². The standard InChI is InChI=1S/C9H14F3N3O3/c1-16-4-6(13)8-14-7(18-15-8)2-3-17-5-9(10,11)12/h6H,2-5,13H2,1H3. The van der Waals surface area contributed by atoms with Crippen molar-refractivity contribution >= 4 is 0 Å². The molecule has 0 aliphatic rings. The summed E-state index contributed by atoms with van der Waals surface area (Å²) in [5.74, 6) is 0.432. The van der Waals surface area contributed by atoms with Crippen LogP contribution >= 0.6 is 0 Å². The summed E-state index contributed by atoms with van der Waals surface area (Å²) in [4.78, 5) is 3.92. The molecule has 0 fully saturated rings. The van der Waals surface area contributed by atoms with E-state index in [4.69, 9.17) is 15.0 Å². The number of alkyl halides is 3. The van der Waals surface area contributed by atoms with E-state index in [-0.39, 0.29) is 31.3 Å². The van der Waals surface area contributed by atoms with Gasteiger partial charge in [-0.2, -0.15) is 18.2 Å². The van der Waals surface area contributed by atoms with Crippen LogP contribution in [0.5, 0.6) is 0 Å². The quantitative estimate of drug-likeness (QED) is 0.738. The van der Waals surface area contributed by atoms with Crippen molar-refractivity contribution in [2.75, 3.05) is 26.9 Å². The molecule has 104 valence electrons. The van der Waals surface area contributed by atoms with Crippen molar-refractivity contribution in [2.24, 2.45) is 5.73 Å². The highest BCUT2D eigenvalue weighted by atomic mass is 19.4. The Bertz CT molecular complexity index is 356. The molecule has 1 aromatic rings. The van der Waals surface area contributed by atoms with Gasteiger partial charge in [0.25, 0.3) is 0 Å². The molecule has 0 aliphatic heterocycles. The summed E-state index contributed by atoms with van der Waals surface area (Å²) >= 11 is 0. The molecule has 1 atom stereocenters. The Hall–Kier alpha value is -1.19. The van der Waals surface area contributed by atoms with Gasteiger partial charge in [0.15, 0.2) is 5.82 Å². The Labute approximate surface area is 101 Å². The number of hydrogen-bond acceptors (Lipinski definition) is 6. The van der Waals surface area contributed by atoms with E-state index in [9.17, 15) is 13.2 Å². The molecule has 0 aliphatic carbocycles. The Morgan fingerprint density at radius 2 is 2.17 bits per heavy atom. The predicted molar refractivity (Wildman–Crippen MR) is 53.7 cm³/mol. The third kappa shape index (κ3) is 5.43. The first-order valence-corrected chi connectivity index (χ1v) is 5.14. The maximum Gasteiger partial charge on any atom is 0.411 e. The minimum atomic E-state index is -4.33. The Balaban J connectivity index is 2.31. The van der Waals surface area contributed by atoms with Crippen molar-refractivity contribution in [2.45, 2.75) is 18.6 Å². The number of rotatable bonds is 7. The Morgan fingerprint density at radius 1 is 1.44 bits per heavy atom. The molecule has 1 heterocycles. The number of methoxy groups -OCH3 is 1. The third-order valence-electron chi connectivity index (χ3n) is 1.89. The first-order valence-electron chi connectivity index (χ1n) is 5.14. The molecule has 0 radical (unpaired) electrons.